The average Bonchev–Trinajstić information content (AvgIpc) is 2.56. The molecule has 1 unspecified atom stereocenters. The summed E-state index contributed by atoms with van der Waals surface area (Å²) >= 11 is 0. The molecule has 1 heterocycles. The molecule has 0 aromatic heterocycles. The number of allylic oxidation sites excluding steroid dienone is 1. The van der Waals surface area contributed by atoms with Gasteiger partial charge in [-0.1, -0.05) is 38.1 Å². The predicted molar refractivity (Wildman–Crippen MR) is 101 cm³/mol. The minimum absolute atomic E-state index is 0.0547. The van der Waals surface area contributed by atoms with E-state index in [0.717, 1.165) is 18.5 Å². The van der Waals surface area contributed by atoms with Crippen molar-refractivity contribution < 1.29 is 0 Å². The lowest BCUT2D eigenvalue weighted by Gasteiger charge is -2.35. The van der Waals surface area contributed by atoms with Gasteiger partial charge >= 0.3 is 0 Å². The summed E-state index contributed by atoms with van der Waals surface area (Å²) < 4.78 is 0. The molecule has 120 valence electrons. The standard InChI is InChI=1S/C21H26N2/c1-5-16-14-21(4,6-2)23-20-12-15(3)19(13-18(16)20)22-17-10-8-7-9-11-17/h7-14,22-23H,5-6H2,1-4H3. The number of para-hydroxylation sites is 1. The van der Waals surface area contributed by atoms with E-state index in [9.17, 15) is 0 Å². The summed E-state index contributed by atoms with van der Waals surface area (Å²) in [5.74, 6) is 0. The van der Waals surface area contributed by atoms with Crippen LogP contribution in [0.15, 0.2) is 48.5 Å². The van der Waals surface area contributed by atoms with Crippen LogP contribution in [0.5, 0.6) is 0 Å². The van der Waals surface area contributed by atoms with E-state index in [4.69, 9.17) is 0 Å². The molecule has 2 heteroatoms. The van der Waals surface area contributed by atoms with Crippen LogP contribution in [0, 0.1) is 6.92 Å². The molecule has 0 bridgehead atoms. The Balaban J connectivity index is 2.02. The highest BCUT2D eigenvalue weighted by atomic mass is 15.0. The molecule has 1 aliphatic heterocycles. The van der Waals surface area contributed by atoms with Crippen LogP contribution in [-0.4, -0.2) is 5.54 Å². The third kappa shape index (κ3) is 3.12. The Labute approximate surface area is 139 Å². The van der Waals surface area contributed by atoms with Gasteiger partial charge in [-0.2, -0.15) is 0 Å². The molecule has 3 rings (SSSR count). The van der Waals surface area contributed by atoms with Gasteiger partial charge in [-0.25, -0.2) is 0 Å². The molecule has 2 aromatic rings. The van der Waals surface area contributed by atoms with Gasteiger partial charge in [0, 0.05) is 22.6 Å². The third-order valence-corrected chi connectivity index (χ3v) is 4.79. The zero-order chi connectivity index (χ0) is 16.4. The number of benzene rings is 2. The lowest BCUT2D eigenvalue weighted by atomic mass is 9.85. The van der Waals surface area contributed by atoms with E-state index >= 15 is 0 Å². The molecule has 2 N–H and O–H groups in total. The third-order valence-electron chi connectivity index (χ3n) is 4.79. The van der Waals surface area contributed by atoms with Crippen molar-refractivity contribution in [1.82, 2.24) is 0 Å². The summed E-state index contributed by atoms with van der Waals surface area (Å²) in [6.07, 6.45) is 4.54. The average molecular weight is 306 g/mol. The van der Waals surface area contributed by atoms with Gasteiger partial charge < -0.3 is 10.6 Å². The predicted octanol–water partition coefficient (Wildman–Crippen LogP) is 6.13. The number of fused-ring (bicyclic) bond motifs is 1. The molecule has 2 nitrogen and oxygen atoms in total. The number of nitrogens with one attached hydrogen (secondary N) is 2. The van der Waals surface area contributed by atoms with E-state index in [1.807, 2.05) is 6.07 Å². The van der Waals surface area contributed by atoms with Crippen LogP contribution in [0.2, 0.25) is 0 Å². The molecule has 0 aliphatic carbocycles. The smallest absolute Gasteiger partial charge is 0.0531 e. The highest BCUT2D eigenvalue weighted by molar-refractivity contribution is 5.85. The van der Waals surface area contributed by atoms with E-state index in [2.05, 4.69) is 80.8 Å². The van der Waals surface area contributed by atoms with Crippen molar-refractivity contribution >= 4 is 22.6 Å². The molecular formula is C21H26N2. The molecule has 0 saturated carbocycles. The summed E-state index contributed by atoms with van der Waals surface area (Å²) in [6, 6.07) is 14.9. The van der Waals surface area contributed by atoms with Crippen molar-refractivity contribution in [3.63, 3.8) is 0 Å². The Morgan fingerprint density at radius 3 is 2.48 bits per heavy atom. The second-order valence-electron chi connectivity index (χ2n) is 6.62. The minimum Gasteiger partial charge on any atom is -0.376 e. The van der Waals surface area contributed by atoms with E-state index in [-0.39, 0.29) is 5.54 Å². The zero-order valence-corrected chi connectivity index (χ0v) is 14.5. The first-order valence-corrected chi connectivity index (χ1v) is 8.51. The van der Waals surface area contributed by atoms with E-state index in [1.54, 1.807) is 0 Å². The van der Waals surface area contributed by atoms with Crippen molar-refractivity contribution in [2.45, 2.75) is 46.1 Å². The molecular weight excluding hydrogens is 280 g/mol. The van der Waals surface area contributed by atoms with Gasteiger partial charge in [0.25, 0.3) is 0 Å². The first-order valence-electron chi connectivity index (χ1n) is 8.51. The Morgan fingerprint density at radius 1 is 1.09 bits per heavy atom. The first-order chi connectivity index (χ1) is 11.0. The fourth-order valence-corrected chi connectivity index (χ4v) is 3.18. The Hall–Kier alpha value is -2.22. The van der Waals surface area contributed by atoms with Crippen LogP contribution in [-0.2, 0) is 0 Å². The first kappa shape index (κ1) is 15.7. The van der Waals surface area contributed by atoms with Crippen molar-refractivity contribution in [1.29, 1.82) is 0 Å². The second kappa shape index (κ2) is 6.11. The molecule has 2 aromatic carbocycles. The number of hydrogen-bond donors (Lipinski definition) is 2. The summed E-state index contributed by atoms with van der Waals surface area (Å²) in [5.41, 5.74) is 7.62. The van der Waals surface area contributed by atoms with Crippen molar-refractivity contribution in [2.75, 3.05) is 10.6 Å². The molecule has 1 atom stereocenters. The van der Waals surface area contributed by atoms with Gasteiger partial charge in [0.15, 0.2) is 0 Å². The molecule has 0 amide bonds. The monoisotopic (exact) mass is 306 g/mol. The SMILES string of the molecule is CCC1=CC(C)(CC)Nc2cc(C)c(Nc3ccccc3)cc21. The number of rotatable bonds is 4. The van der Waals surface area contributed by atoms with E-state index in [1.165, 1.54) is 28.1 Å². The summed E-state index contributed by atoms with van der Waals surface area (Å²) in [6.45, 7) is 8.92. The fraction of sp³-hybridized carbons (Fsp3) is 0.333. The lowest BCUT2D eigenvalue weighted by Crippen LogP contribution is -2.34. The normalized spacial score (nSPS) is 19.6. The topological polar surface area (TPSA) is 24.1 Å². The van der Waals surface area contributed by atoms with Gasteiger partial charge in [0.1, 0.15) is 0 Å². The molecule has 1 aliphatic rings. The molecule has 23 heavy (non-hydrogen) atoms. The Kier molecular flexibility index (Phi) is 4.16. The maximum Gasteiger partial charge on any atom is 0.0531 e. The van der Waals surface area contributed by atoms with Gasteiger partial charge in [-0.15, -0.1) is 0 Å². The molecule has 0 saturated heterocycles. The number of anilines is 3. The Bertz CT molecular complexity index is 731. The van der Waals surface area contributed by atoms with E-state index < -0.39 is 0 Å². The highest BCUT2D eigenvalue weighted by Crippen LogP contribution is 2.40. The molecule has 0 spiro atoms. The summed E-state index contributed by atoms with van der Waals surface area (Å²) in [4.78, 5) is 0. The quantitative estimate of drug-likeness (QED) is 0.710. The van der Waals surface area contributed by atoms with Crippen molar-refractivity contribution in [2.24, 2.45) is 0 Å². The molecule has 0 fully saturated rings. The largest absolute Gasteiger partial charge is 0.376 e. The maximum atomic E-state index is 3.72. The number of hydrogen-bond acceptors (Lipinski definition) is 2. The van der Waals surface area contributed by atoms with Crippen LogP contribution >= 0.6 is 0 Å². The lowest BCUT2D eigenvalue weighted by molar-refractivity contribution is 0.607. The van der Waals surface area contributed by atoms with Gasteiger partial charge in [-0.05, 0) is 62.1 Å². The minimum atomic E-state index is 0.0547. The van der Waals surface area contributed by atoms with Crippen LogP contribution in [0.1, 0.15) is 44.7 Å². The highest BCUT2D eigenvalue weighted by Gasteiger charge is 2.26. The zero-order valence-electron chi connectivity index (χ0n) is 14.5. The van der Waals surface area contributed by atoms with Crippen LogP contribution in [0.4, 0.5) is 17.1 Å². The van der Waals surface area contributed by atoms with Gasteiger partial charge in [0.05, 0.1) is 5.54 Å². The van der Waals surface area contributed by atoms with Crippen molar-refractivity contribution in [3.8, 4) is 0 Å². The maximum absolute atomic E-state index is 3.72. The van der Waals surface area contributed by atoms with Crippen LogP contribution in [0.25, 0.3) is 5.57 Å². The number of aryl methyl sites for hydroxylation is 1. The fourth-order valence-electron chi connectivity index (χ4n) is 3.18. The van der Waals surface area contributed by atoms with Crippen LogP contribution in [0.3, 0.4) is 0 Å². The summed E-state index contributed by atoms with van der Waals surface area (Å²) in [7, 11) is 0. The van der Waals surface area contributed by atoms with Gasteiger partial charge in [0.2, 0.25) is 0 Å². The Morgan fingerprint density at radius 2 is 1.83 bits per heavy atom. The second-order valence-corrected chi connectivity index (χ2v) is 6.62. The molecule has 0 radical (unpaired) electrons. The summed E-state index contributed by atoms with van der Waals surface area (Å²) in [5, 5.41) is 7.26. The van der Waals surface area contributed by atoms with Gasteiger partial charge in [-0.3, -0.25) is 0 Å². The van der Waals surface area contributed by atoms with Crippen LogP contribution < -0.4 is 10.6 Å². The van der Waals surface area contributed by atoms with Crippen molar-refractivity contribution in [3.05, 3.63) is 59.7 Å². The van der Waals surface area contributed by atoms with E-state index in [0.29, 0.717) is 0 Å².